The minimum absolute atomic E-state index is 0.135. The highest BCUT2D eigenvalue weighted by atomic mass is 35.6. The van der Waals surface area contributed by atoms with Gasteiger partial charge in [0.05, 0.1) is 0 Å². The number of anilines is 1. The number of alkyl carbamates (subject to hydrolysis) is 1. The van der Waals surface area contributed by atoms with Crippen molar-refractivity contribution in [1.82, 2.24) is 10.3 Å². The zero-order chi connectivity index (χ0) is 19.3. The van der Waals surface area contributed by atoms with E-state index in [9.17, 15) is 4.79 Å². The van der Waals surface area contributed by atoms with Gasteiger partial charge in [-0.2, -0.15) is 0 Å². The quantitative estimate of drug-likeness (QED) is 0.494. The molecular formula is C18H26Cl3N3O2. The number of pyridine rings is 1. The van der Waals surface area contributed by atoms with Crippen LogP contribution in [0.15, 0.2) is 24.4 Å². The van der Waals surface area contributed by atoms with Crippen LogP contribution in [-0.4, -0.2) is 27.1 Å². The fourth-order valence-corrected chi connectivity index (χ4v) is 3.66. The van der Waals surface area contributed by atoms with Crippen LogP contribution in [0.25, 0.3) is 0 Å². The second-order valence-corrected chi connectivity index (χ2v) is 9.62. The number of carbonyl (C=O) groups excluding carboxylic acids is 1. The van der Waals surface area contributed by atoms with Gasteiger partial charge in [0.1, 0.15) is 11.9 Å². The number of hydrogen-bond acceptors (Lipinski definition) is 4. The third kappa shape index (κ3) is 6.36. The molecule has 0 bridgehead atoms. The van der Waals surface area contributed by atoms with Crippen molar-refractivity contribution < 1.29 is 9.53 Å². The fraction of sp³-hybridized carbons (Fsp3) is 0.667. The third-order valence-electron chi connectivity index (χ3n) is 4.77. The van der Waals surface area contributed by atoms with Crippen molar-refractivity contribution in [2.45, 2.75) is 56.1 Å². The molecule has 0 saturated heterocycles. The molecule has 1 saturated carbocycles. The average Bonchev–Trinajstić information content (AvgIpc) is 2.54. The predicted octanol–water partition coefficient (Wildman–Crippen LogP) is 5.38. The van der Waals surface area contributed by atoms with Gasteiger partial charge in [-0.3, -0.25) is 5.32 Å². The Morgan fingerprint density at radius 3 is 2.62 bits per heavy atom. The van der Waals surface area contributed by atoms with Crippen LogP contribution in [0.3, 0.4) is 0 Å². The van der Waals surface area contributed by atoms with Crippen molar-refractivity contribution in [3.05, 3.63) is 24.4 Å². The van der Waals surface area contributed by atoms with Crippen molar-refractivity contribution in [3.8, 4) is 0 Å². The molecule has 4 atom stereocenters. The van der Waals surface area contributed by atoms with Gasteiger partial charge in [-0.1, -0.05) is 68.1 Å². The van der Waals surface area contributed by atoms with Crippen molar-refractivity contribution in [2.75, 3.05) is 5.32 Å². The van der Waals surface area contributed by atoms with Gasteiger partial charge >= 0.3 is 6.09 Å². The van der Waals surface area contributed by atoms with E-state index in [1.165, 1.54) is 0 Å². The first-order valence-corrected chi connectivity index (χ1v) is 10.0. The van der Waals surface area contributed by atoms with Gasteiger partial charge in [-0.15, -0.1) is 0 Å². The number of halogens is 3. The molecule has 1 aromatic rings. The lowest BCUT2D eigenvalue weighted by molar-refractivity contribution is 0.00534. The molecule has 8 heteroatoms. The van der Waals surface area contributed by atoms with Crippen LogP contribution >= 0.6 is 34.8 Å². The third-order valence-corrected chi connectivity index (χ3v) is 5.42. The summed E-state index contributed by atoms with van der Waals surface area (Å²) >= 11 is 18.0. The van der Waals surface area contributed by atoms with Crippen LogP contribution in [0.2, 0.25) is 0 Å². The second-order valence-electron chi connectivity index (χ2n) is 7.25. The molecule has 2 rings (SSSR count). The second kappa shape index (κ2) is 9.34. The summed E-state index contributed by atoms with van der Waals surface area (Å²) in [5, 5.41) is 5.53. The summed E-state index contributed by atoms with van der Waals surface area (Å²) in [6.45, 7) is 6.49. The minimum Gasteiger partial charge on any atom is -0.446 e. The van der Waals surface area contributed by atoms with Gasteiger partial charge in [0.15, 0.2) is 6.17 Å². The fourth-order valence-electron chi connectivity index (χ4n) is 3.34. The molecule has 26 heavy (non-hydrogen) atoms. The molecule has 1 aromatic heterocycles. The van der Waals surface area contributed by atoms with Crippen molar-refractivity contribution in [2.24, 2.45) is 17.8 Å². The van der Waals surface area contributed by atoms with Crippen LogP contribution in [0.4, 0.5) is 10.6 Å². The highest BCUT2D eigenvalue weighted by Gasteiger charge is 2.37. The van der Waals surface area contributed by atoms with E-state index in [1.807, 2.05) is 0 Å². The Kier molecular flexibility index (Phi) is 7.68. The average molecular weight is 423 g/mol. The smallest absolute Gasteiger partial charge is 0.409 e. The molecule has 5 nitrogen and oxygen atoms in total. The van der Waals surface area contributed by atoms with Crippen LogP contribution in [0.5, 0.6) is 0 Å². The molecular weight excluding hydrogens is 397 g/mol. The maximum absolute atomic E-state index is 12.5. The van der Waals surface area contributed by atoms with E-state index < -0.39 is 16.1 Å². The predicted molar refractivity (Wildman–Crippen MR) is 107 cm³/mol. The zero-order valence-electron chi connectivity index (χ0n) is 15.2. The van der Waals surface area contributed by atoms with Crippen LogP contribution in [-0.2, 0) is 4.74 Å². The highest BCUT2D eigenvalue weighted by molar-refractivity contribution is 6.68. The standard InChI is InChI=1S/C18H26Cl3N3O2/c1-11(2)13-8-7-12(3)10-14(13)26-17(25)24-16(18(19,20)21)23-15-6-4-5-9-22-15/h4-6,9,11-14,16H,7-8,10H2,1-3H3,(H,22,23)(H,24,25). The lowest BCUT2D eigenvalue weighted by Gasteiger charge is -2.37. The van der Waals surface area contributed by atoms with Gasteiger partial charge in [-0.05, 0) is 42.7 Å². The highest BCUT2D eigenvalue weighted by Crippen LogP contribution is 2.36. The van der Waals surface area contributed by atoms with Gasteiger partial charge in [0.25, 0.3) is 0 Å². The largest absolute Gasteiger partial charge is 0.446 e. The number of carbonyl (C=O) groups is 1. The first-order chi connectivity index (χ1) is 12.2. The molecule has 1 aliphatic rings. The summed E-state index contributed by atoms with van der Waals surface area (Å²) in [5.74, 6) is 1.79. The number of amides is 1. The summed E-state index contributed by atoms with van der Waals surface area (Å²) in [7, 11) is 0. The van der Waals surface area contributed by atoms with E-state index in [2.05, 4.69) is 36.4 Å². The van der Waals surface area contributed by atoms with Gasteiger partial charge in [-0.25, -0.2) is 9.78 Å². The number of rotatable bonds is 5. The topological polar surface area (TPSA) is 63.2 Å². The number of alkyl halides is 3. The van der Waals surface area contributed by atoms with E-state index in [1.54, 1.807) is 24.4 Å². The monoisotopic (exact) mass is 421 g/mol. The summed E-state index contributed by atoms with van der Waals surface area (Å²) < 4.78 is 3.94. The summed E-state index contributed by atoms with van der Waals surface area (Å²) in [4.78, 5) is 16.6. The molecule has 4 unspecified atom stereocenters. The van der Waals surface area contributed by atoms with E-state index in [-0.39, 0.29) is 6.10 Å². The Morgan fingerprint density at radius 2 is 2.04 bits per heavy atom. The van der Waals surface area contributed by atoms with E-state index in [0.717, 1.165) is 19.3 Å². The molecule has 1 amide bonds. The summed E-state index contributed by atoms with van der Waals surface area (Å²) in [5.41, 5.74) is 0. The van der Waals surface area contributed by atoms with Crippen molar-refractivity contribution in [3.63, 3.8) is 0 Å². The van der Waals surface area contributed by atoms with Crippen molar-refractivity contribution >= 4 is 46.7 Å². The van der Waals surface area contributed by atoms with E-state index in [4.69, 9.17) is 39.5 Å². The Hall–Kier alpha value is -0.910. The van der Waals surface area contributed by atoms with Gasteiger partial charge in [0, 0.05) is 6.20 Å². The molecule has 0 radical (unpaired) electrons. The van der Waals surface area contributed by atoms with Crippen LogP contribution < -0.4 is 10.6 Å². The lowest BCUT2D eigenvalue weighted by atomic mass is 9.75. The minimum atomic E-state index is -1.77. The molecule has 0 spiro atoms. The van der Waals surface area contributed by atoms with E-state index in [0.29, 0.717) is 23.6 Å². The van der Waals surface area contributed by atoms with Crippen molar-refractivity contribution in [1.29, 1.82) is 0 Å². The lowest BCUT2D eigenvalue weighted by Crippen LogP contribution is -2.51. The zero-order valence-corrected chi connectivity index (χ0v) is 17.5. The molecule has 1 aliphatic carbocycles. The maximum atomic E-state index is 12.5. The number of aromatic nitrogens is 1. The Bertz CT molecular complexity index is 581. The van der Waals surface area contributed by atoms with E-state index >= 15 is 0 Å². The van der Waals surface area contributed by atoms with Gasteiger partial charge < -0.3 is 10.1 Å². The summed E-state index contributed by atoms with van der Waals surface area (Å²) in [6, 6.07) is 5.28. The first kappa shape index (κ1) is 21.4. The Morgan fingerprint density at radius 1 is 1.31 bits per heavy atom. The molecule has 0 aromatic carbocycles. The molecule has 1 heterocycles. The number of nitrogens with zero attached hydrogens (tertiary/aromatic N) is 1. The van der Waals surface area contributed by atoms with Crippen LogP contribution in [0.1, 0.15) is 40.0 Å². The number of ether oxygens (including phenoxy) is 1. The molecule has 2 N–H and O–H groups in total. The molecule has 0 aliphatic heterocycles. The number of hydrogen-bond donors (Lipinski definition) is 2. The SMILES string of the molecule is CC1CCC(C(C)C)C(OC(=O)NC(Nc2ccccn2)C(Cl)(Cl)Cl)C1. The Balaban J connectivity index is 2.01. The molecule has 1 fully saturated rings. The Labute approximate surface area is 170 Å². The van der Waals surface area contributed by atoms with Gasteiger partial charge in [0.2, 0.25) is 3.79 Å². The maximum Gasteiger partial charge on any atom is 0.409 e. The van der Waals surface area contributed by atoms with Crippen LogP contribution in [0, 0.1) is 17.8 Å². The molecule has 146 valence electrons. The first-order valence-electron chi connectivity index (χ1n) is 8.88. The summed E-state index contributed by atoms with van der Waals surface area (Å²) in [6.07, 6.45) is 2.95. The normalized spacial score (nSPS) is 24.8. The number of nitrogens with one attached hydrogen (secondary N) is 2.